The first-order chi connectivity index (χ1) is 6.72. The van der Waals surface area contributed by atoms with Crippen LogP contribution in [0.25, 0.3) is 0 Å². The Bertz CT molecular complexity index is 260. The Morgan fingerprint density at radius 2 is 2.00 bits per heavy atom. The summed E-state index contributed by atoms with van der Waals surface area (Å²) in [5.41, 5.74) is 1.17. The lowest BCUT2D eigenvalue weighted by molar-refractivity contribution is 0.173. The Hall–Kier alpha value is -0.380. The third kappa shape index (κ3) is 4.22. The summed E-state index contributed by atoms with van der Waals surface area (Å²) >= 11 is 3.38. The van der Waals surface area contributed by atoms with Gasteiger partial charge in [-0.05, 0) is 30.7 Å². The van der Waals surface area contributed by atoms with E-state index in [4.69, 9.17) is 0 Å². The zero-order valence-electron chi connectivity index (χ0n) is 8.33. The lowest BCUT2D eigenvalue weighted by Crippen LogP contribution is -2.28. The summed E-state index contributed by atoms with van der Waals surface area (Å²) in [6.07, 6.45) is 0.413. The minimum atomic E-state index is -0.295. The van der Waals surface area contributed by atoms with Crippen molar-refractivity contribution in [3.05, 3.63) is 34.3 Å². The first-order valence-corrected chi connectivity index (χ1v) is 5.65. The Morgan fingerprint density at radius 1 is 1.36 bits per heavy atom. The molecule has 14 heavy (non-hydrogen) atoms. The first kappa shape index (κ1) is 11.7. The average molecular weight is 258 g/mol. The molecule has 0 aliphatic carbocycles. The molecule has 1 aromatic rings. The average Bonchev–Trinajstić information content (AvgIpc) is 2.18. The topological polar surface area (TPSA) is 32.3 Å². The molecule has 0 radical (unpaired) electrons. The molecule has 3 heteroatoms. The number of benzene rings is 1. The molecule has 0 fully saturated rings. The van der Waals surface area contributed by atoms with E-state index in [2.05, 4.69) is 21.2 Å². The van der Waals surface area contributed by atoms with Gasteiger partial charge in [-0.2, -0.15) is 0 Å². The lowest BCUT2D eigenvalue weighted by atomic mass is 10.1. The fourth-order valence-corrected chi connectivity index (χ4v) is 1.54. The molecular weight excluding hydrogens is 242 g/mol. The van der Waals surface area contributed by atoms with Crippen LogP contribution in [0.4, 0.5) is 0 Å². The van der Waals surface area contributed by atoms with Crippen LogP contribution in [0.3, 0.4) is 0 Å². The molecule has 0 saturated carbocycles. The molecule has 0 aromatic heterocycles. The van der Waals surface area contributed by atoms with Crippen LogP contribution < -0.4 is 5.32 Å². The van der Waals surface area contributed by atoms with Gasteiger partial charge in [-0.15, -0.1) is 0 Å². The van der Waals surface area contributed by atoms with E-state index >= 15 is 0 Å². The van der Waals surface area contributed by atoms with Crippen molar-refractivity contribution in [1.82, 2.24) is 5.32 Å². The van der Waals surface area contributed by atoms with Gasteiger partial charge in [0.1, 0.15) is 0 Å². The number of hydrogen-bond acceptors (Lipinski definition) is 2. The predicted molar refractivity (Wildman–Crippen MR) is 62.4 cm³/mol. The molecule has 0 heterocycles. The highest BCUT2D eigenvalue weighted by atomic mass is 79.9. The molecular formula is C11H16BrNO. The summed E-state index contributed by atoms with van der Waals surface area (Å²) in [6, 6.07) is 8.04. The third-order valence-corrected chi connectivity index (χ3v) is 2.54. The van der Waals surface area contributed by atoms with E-state index in [0.29, 0.717) is 13.0 Å². The Labute approximate surface area is 93.5 Å². The Balaban J connectivity index is 2.39. The highest BCUT2D eigenvalue weighted by Crippen LogP contribution is 2.11. The van der Waals surface area contributed by atoms with Crippen LogP contribution >= 0.6 is 15.9 Å². The number of likely N-dealkylation sites (N-methyl/N-ethyl adjacent to an activating group) is 1. The molecule has 0 aliphatic rings. The second-order valence-electron chi connectivity index (χ2n) is 3.29. The second-order valence-corrected chi connectivity index (χ2v) is 4.21. The molecule has 0 bridgehead atoms. The van der Waals surface area contributed by atoms with Gasteiger partial charge in [0.25, 0.3) is 0 Å². The second kappa shape index (κ2) is 6.17. The normalized spacial score (nSPS) is 12.8. The van der Waals surface area contributed by atoms with Crippen molar-refractivity contribution in [2.45, 2.75) is 19.4 Å². The van der Waals surface area contributed by atoms with Gasteiger partial charge in [-0.25, -0.2) is 0 Å². The summed E-state index contributed by atoms with van der Waals surface area (Å²) in [6.45, 7) is 3.59. The molecule has 1 atom stereocenters. The largest absolute Gasteiger partial charge is 0.391 e. The van der Waals surface area contributed by atoms with E-state index in [1.165, 1.54) is 5.56 Å². The highest BCUT2D eigenvalue weighted by Gasteiger charge is 2.03. The van der Waals surface area contributed by atoms with Crippen molar-refractivity contribution >= 4 is 15.9 Å². The van der Waals surface area contributed by atoms with E-state index in [1.807, 2.05) is 31.2 Å². The molecule has 1 unspecified atom stereocenters. The standard InChI is InChI=1S/C11H16BrNO/c1-2-13-8-11(14)7-9-3-5-10(12)6-4-9/h3-6,11,13-14H,2,7-8H2,1H3. The summed E-state index contributed by atoms with van der Waals surface area (Å²) < 4.78 is 1.07. The molecule has 0 amide bonds. The number of aliphatic hydroxyl groups excluding tert-OH is 1. The van der Waals surface area contributed by atoms with Crippen molar-refractivity contribution in [2.24, 2.45) is 0 Å². The number of aliphatic hydroxyl groups is 1. The van der Waals surface area contributed by atoms with Crippen LogP contribution in [0, 0.1) is 0 Å². The van der Waals surface area contributed by atoms with Crippen molar-refractivity contribution in [2.75, 3.05) is 13.1 Å². The number of rotatable bonds is 5. The number of nitrogens with one attached hydrogen (secondary N) is 1. The zero-order valence-corrected chi connectivity index (χ0v) is 9.92. The lowest BCUT2D eigenvalue weighted by Gasteiger charge is -2.10. The van der Waals surface area contributed by atoms with E-state index in [0.717, 1.165) is 11.0 Å². The fraction of sp³-hybridized carbons (Fsp3) is 0.455. The van der Waals surface area contributed by atoms with Crippen LogP contribution in [0.2, 0.25) is 0 Å². The van der Waals surface area contributed by atoms with Crippen LogP contribution in [-0.2, 0) is 6.42 Å². The summed E-state index contributed by atoms with van der Waals surface area (Å²) in [5.74, 6) is 0. The quantitative estimate of drug-likeness (QED) is 0.846. The van der Waals surface area contributed by atoms with Gasteiger partial charge < -0.3 is 10.4 Å². The maximum absolute atomic E-state index is 9.63. The summed E-state index contributed by atoms with van der Waals surface area (Å²) in [5, 5.41) is 12.7. The van der Waals surface area contributed by atoms with Gasteiger partial charge in [0.05, 0.1) is 6.10 Å². The van der Waals surface area contributed by atoms with Gasteiger partial charge in [0.15, 0.2) is 0 Å². The van der Waals surface area contributed by atoms with Crippen LogP contribution in [0.15, 0.2) is 28.7 Å². The highest BCUT2D eigenvalue weighted by molar-refractivity contribution is 9.10. The summed E-state index contributed by atoms with van der Waals surface area (Å²) in [7, 11) is 0. The molecule has 2 nitrogen and oxygen atoms in total. The fourth-order valence-electron chi connectivity index (χ4n) is 1.28. The SMILES string of the molecule is CCNCC(O)Cc1ccc(Br)cc1. The van der Waals surface area contributed by atoms with Gasteiger partial charge >= 0.3 is 0 Å². The Kier molecular flexibility index (Phi) is 5.15. The predicted octanol–water partition coefficient (Wildman–Crippen LogP) is 1.96. The van der Waals surface area contributed by atoms with Gasteiger partial charge in [-0.3, -0.25) is 0 Å². The number of hydrogen-bond donors (Lipinski definition) is 2. The molecule has 78 valence electrons. The van der Waals surface area contributed by atoms with Crippen molar-refractivity contribution < 1.29 is 5.11 Å². The molecule has 2 N–H and O–H groups in total. The van der Waals surface area contributed by atoms with E-state index in [9.17, 15) is 5.11 Å². The van der Waals surface area contributed by atoms with E-state index in [1.54, 1.807) is 0 Å². The molecule has 0 saturated heterocycles. The van der Waals surface area contributed by atoms with Crippen LogP contribution in [-0.4, -0.2) is 24.3 Å². The smallest absolute Gasteiger partial charge is 0.0704 e. The van der Waals surface area contributed by atoms with Gasteiger partial charge in [0.2, 0.25) is 0 Å². The van der Waals surface area contributed by atoms with Gasteiger partial charge in [0, 0.05) is 11.0 Å². The minimum absolute atomic E-state index is 0.295. The van der Waals surface area contributed by atoms with Crippen molar-refractivity contribution in [1.29, 1.82) is 0 Å². The molecule has 1 aromatic carbocycles. The molecule has 0 aliphatic heterocycles. The third-order valence-electron chi connectivity index (χ3n) is 2.01. The Morgan fingerprint density at radius 3 is 2.57 bits per heavy atom. The van der Waals surface area contributed by atoms with Crippen LogP contribution in [0.1, 0.15) is 12.5 Å². The van der Waals surface area contributed by atoms with Crippen molar-refractivity contribution in [3.63, 3.8) is 0 Å². The monoisotopic (exact) mass is 257 g/mol. The van der Waals surface area contributed by atoms with Crippen molar-refractivity contribution in [3.8, 4) is 0 Å². The molecule has 0 spiro atoms. The first-order valence-electron chi connectivity index (χ1n) is 4.85. The molecule has 1 rings (SSSR count). The van der Waals surface area contributed by atoms with Gasteiger partial charge in [-0.1, -0.05) is 35.0 Å². The zero-order chi connectivity index (χ0) is 10.4. The van der Waals surface area contributed by atoms with E-state index in [-0.39, 0.29) is 6.10 Å². The minimum Gasteiger partial charge on any atom is -0.391 e. The maximum atomic E-state index is 9.63. The maximum Gasteiger partial charge on any atom is 0.0704 e. The number of halogens is 1. The summed E-state index contributed by atoms with van der Waals surface area (Å²) in [4.78, 5) is 0. The van der Waals surface area contributed by atoms with E-state index < -0.39 is 0 Å². The van der Waals surface area contributed by atoms with Crippen LogP contribution in [0.5, 0.6) is 0 Å².